The first-order valence-electron chi connectivity index (χ1n) is 7.76. The Morgan fingerprint density at radius 1 is 1.00 bits per heavy atom. The SMILES string of the molecule is CC1(C)CC(N)CC(C)(C)N1c1c(C(N)=O)cccc1C(N)=O. The van der Waals surface area contributed by atoms with E-state index in [-0.39, 0.29) is 17.1 Å². The van der Waals surface area contributed by atoms with E-state index in [0.29, 0.717) is 16.8 Å². The maximum Gasteiger partial charge on any atom is 0.250 e. The van der Waals surface area contributed by atoms with Crippen LogP contribution >= 0.6 is 0 Å². The van der Waals surface area contributed by atoms with Crippen molar-refractivity contribution in [3.63, 3.8) is 0 Å². The molecule has 0 radical (unpaired) electrons. The highest BCUT2D eigenvalue weighted by molar-refractivity contribution is 6.07. The Labute approximate surface area is 137 Å². The minimum absolute atomic E-state index is 0.0500. The molecule has 1 aromatic rings. The second kappa shape index (κ2) is 5.53. The summed E-state index contributed by atoms with van der Waals surface area (Å²) in [6, 6.07) is 4.93. The van der Waals surface area contributed by atoms with E-state index in [9.17, 15) is 9.59 Å². The van der Waals surface area contributed by atoms with Crippen LogP contribution in [0, 0.1) is 0 Å². The van der Waals surface area contributed by atoms with Crippen LogP contribution in [0.3, 0.4) is 0 Å². The van der Waals surface area contributed by atoms with Gasteiger partial charge in [0, 0.05) is 17.1 Å². The van der Waals surface area contributed by atoms with Crippen molar-refractivity contribution in [3.05, 3.63) is 29.3 Å². The van der Waals surface area contributed by atoms with E-state index in [1.54, 1.807) is 18.2 Å². The van der Waals surface area contributed by atoms with E-state index < -0.39 is 11.8 Å². The number of rotatable bonds is 3. The summed E-state index contributed by atoms with van der Waals surface area (Å²) in [4.78, 5) is 26.0. The number of anilines is 1. The highest BCUT2D eigenvalue weighted by Crippen LogP contribution is 2.44. The zero-order chi connectivity index (χ0) is 17.6. The Bertz CT molecular complexity index is 602. The number of hydrogen-bond acceptors (Lipinski definition) is 4. The van der Waals surface area contributed by atoms with Crippen molar-refractivity contribution in [1.82, 2.24) is 0 Å². The quantitative estimate of drug-likeness (QED) is 0.780. The summed E-state index contributed by atoms with van der Waals surface area (Å²) in [5, 5.41) is 0. The van der Waals surface area contributed by atoms with Gasteiger partial charge in [0.1, 0.15) is 0 Å². The fourth-order valence-corrected chi connectivity index (χ4v) is 4.14. The largest absolute Gasteiger partial charge is 0.366 e. The first-order chi connectivity index (χ1) is 10.5. The average Bonchev–Trinajstić information content (AvgIpc) is 2.34. The smallest absolute Gasteiger partial charge is 0.250 e. The molecule has 1 aliphatic rings. The van der Waals surface area contributed by atoms with Crippen LogP contribution in [0.15, 0.2) is 18.2 Å². The van der Waals surface area contributed by atoms with Gasteiger partial charge in [-0.25, -0.2) is 0 Å². The summed E-state index contributed by atoms with van der Waals surface area (Å²) in [6.07, 6.45) is 1.48. The van der Waals surface area contributed by atoms with Crippen LogP contribution in [0.5, 0.6) is 0 Å². The molecule has 0 saturated carbocycles. The Balaban J connectivity index is 2.77. The second-order valence-corrected chi connectivity index (χ2v) is 7.56. The molecule has 1 fully saturated rings. The maximum atomic E-state index is 11.9. The van der Waals surface area contributed by atoms with E-state index in [1.807, 2.05) is 0 Å². The molecule has 6 nitrogen and oxygen atoms in total. The van der Waals surface area contributed by atoms with E-state index in [1.165, 1.54) is 0 Å². The molecule has 1 aromatic carbocycles. The van der Waals surface area contributed by atoms with Crippen LogP contribution in [0.4, 0.5) is 5.69 Å². The molecule has 0 unspecified atom stereocenters. The third-order valence-electron chi connectivity index (χ3n) is 4.52. The van der Waals surface area contributed by atoms with Crippen LogP contribution < -0.4 is 22.1 Å². The molecule has 1 saturated heterocycles. The average molecular weight is 318 g/mol. The fourth-order valence-electron chi connectivity index (χ4n) is 4.14. The van der Waals surface area contributed by atoms with Gasteiger partial charge in [0.2, 0.25) is 0 Å². The summed E-state index contributed by atoms with van der Waals surface area (Å²) in [5.41, 5.74) is 17.7. The maximum absolute atomic E-state index is 11.9. The number of nitrogens with two attached hydrogens (primary N) is 3. The molecule has 126 valence electrons. The molecule has 0 aromatic heterocycles. The molecular formula is C17H26N4O2. The van der Waals surface area contributed by atoms with Crippen molar-refractivity contribution in [2.75, 3.05) is 4.90 Å². The summed E-state index contributed by atoms with van der Waals surface area (Å²) < 4.78 is 0. The fraction of sp³-hybridized carbons (Fsp3) is 0.529. The topological polar surface area (TPSA) is 115 Å². The number of primary amides is 2. The standard InChI is InChI=1S/C17H26N4O2/c1-16(2)8-10(18)9-17(3,4)21(16)13-11(14(19)22)6-5-7-12(13)15(20)23/h5-7,10H,8-9,18H2,1-4H3,(H2,19,22)(H2,20,23). The number of amides is 2. The number of nitrogens with zero attached hydrogens (tertiary/aromatic N) is 1. The van der Waals surface area contributed by atoms with Crippen LogP contribution in [0.2, 0.25) is 0 Å². The Morgan fingerprint density at radius 3 is 1.74 bits per heavy atom. The van der Waals surface area contributed by atoms with Crippen molar-refractivity contribution in [3.8, 4) is 0 Å². The van der Waals surface area contributed by atoms with Crippen molar-refractivity contribution in [1.29, 1.82) is 0 Å². The molecule has 2 rings (SSSR count). The number of carbonyl (C=O) groups is 2. The number of carbonyl (C=O) groups excluding carboxylic acids is 2. The third-order valence-corrected chi connectivity index (χ3v) is 4.52. The van der Waals surface area contributed by atoms with Gasteiger partial charge in [-0.2, -0.15) is 0 Å². The number of para-hydroxylation sites is 1. The van der Waals surface area contributed by atoms with Gasteiger partial charge in [0.15, 0.2) is 0 Å². The summed E-state index contributed by atoms with van der Waals surface area (Å²) >= 11 is 0. The molecule has 2 amide bonds. The predicted molar refractivity (Wildman–Crippen MR) is 91.3 cm³/mol. The zero-order valence-electron chi connectivity index (χ0n) is 14.2. The van der Waals surface area contributed by atoms with Gasteiger partial charge in [-0.05, 0) is 52.7 Å². The molecule has 1 aliphatic heterocycles. The Morgan fingerprint density at radius 2 is 1.39 bits per heavy atom. The first-order valence-corrected chi connectivity index (χ1v) is 7.76. The van der Waals surface area contributed by atoms with Crippen LogP contribution in [0.25, 0.3) is 0 Å². The van der Waals surface area contributed by atoms with Gasteiger partial charge in [-0.1, -0.05) is 6.07 Å². The molecule has 1 heterocycles. The lowest BCUT2D eigenvalue weighted by Gasteiger charge is -2.56. The molecule has 23 heavy (non-hydrogen) atoms. The van der Waals surface area contributed by atoms with Crippen molar-refractivity contribution < 1.29 is 9.59 Å². The molecule has 0 bridgehead atoms. The second-order valence-electron chi connectivity index (χ2n) is 7.56. The molecule has 0 atom stereocenters. The Kier molecular flexibility index (Phi) is 4.15. The monoisotopic (exact) mass is 318 g/mol. The molecule has 6 heteroatoms. The highest BCUT2D eigenvalue weighted by atomic mass is 16.1. The molecule has 0 spiro atoms. The minimum atomic E-state index is -0.579. The van der Waals surface area contributed by atoms with Gasteiger partial charge >= 0.3 is 0 Å². The van der Waals surface area contributed by atoms with Gasteiger partial charge < -0.3 is 22.1 Å². The third kappa shape index (κ3) is 3.03. The van der Waals surface area contributed by atoms with Crippen molar-refractivity contribution in [2.24, 2.45) is 17.2 Å². The summed E-state index contributed by atoms with van der Waals surface area (Å²) in [7, 11) is 0. The van der Waals surface area contributed by atoms with Crippen LogP contribution in [0.1, 0.15) is 61.3 Å². The van der Waals surface area contributed by atoms with E-state index in [2.05, 4.69) is 32.6 Å². The summed E-state index contributed by atoms with van der Waals surface area (Å²) in [6.45, 7) is 8.21. The lowest BCUT2D eigenvalue weighted by Crippen LogP contribution is -2.64. The number of piperidine rings is 1. The minimum Gasteiger partial charge on any atom is -0.366 e. The molecule has 0 aliphatic carbocycles. The van der Waals surface area contributed by atoms with Gasteiger partial charge in [0.25, 0.3) is 11.8 Å². The van der Waals surface area contributed by atoms with Gasteiger partial charge in [0.05, 0.1) is 16.8 Å². The van der Waals surface area contributed by atoms with Crippen LogP contribution in [-0.2, 0) is 0 Å². The van der Waals surface area contributed by atoms with E-state index in [4.69, 9.17) is 17.2 Å². The first kappa shape index (κ1) is 17.3. The normalized spacial score (nSPS) is 20.3. The summed E-state index contributed by atoms with van der Waals surface area (Å²) in [5.74, 6) is -1.16. The van der Waals surface area contributed by atoms with Crippen molar-refractivity contribution in [2.45, 2.75) is 57.7 Å². The zero-order valence-corrected chi connectivity index (χ0v) is 14.2. The Hall–Kier alpha value is -2.08. The lowest BCUT2D eigenvalue weighted by molar-refractivity contribution is 0.0999. The molecule has 6 N–H and O–H groups in total. The van der Waals surface area contributed by atoms with Gasteiger partial charge in [-0.15, -0.1) is 0 Å². The van der Waals surface area contributed by atoms with Crippen molar-refractivity contribution >= 4 is 17.5 Å². The number of hydrogen-bond donors (Lipinski definition) is 3. The van der Waals surface area contributed by atoms with Crippen LogP contribution in [-0.4, -0.2) is 28.9 Å². The van der Waals surface area contributed by atoms with Gasteiger partial charge in [-0.3, -0.25) is 9.59 Å². The molecular weight excluding hydrogens is 292 g/mol. The van der Waals surface area contributed by atoms with E-state index >= 15 is 0 Å². The lowest BCUT2D eigenvalue weighted by atomic mass is 9.76. The number of benzene rings is 1. The van der Waals surface area contributed by atoms with E-state index in [0.717, 1.165) is 12.8 Å². The highest BCUT2D eigenvalue weighted by Gasteiger charge is 2.46. The predicted octanol–water partition coefficient (Wildman–Crippen LogP) is 1.37.